The highest BCUT2D eigenvalue weighted by atomic mass is 35.5. The number of sulfone groups is 2. The van der Waals surface area contributed by atoms with Crippen LogP contribution in [0.5, 0.6) is 0 Å². The van der Waals surface area contributed by atoms with E-state index in [0.717, 1.165) is 11.1 Å². The molecule has 6 aromatic rings. The zero-order valence-corrected chi connectivity index (χ0v) is 27.2. The molecule has 0 aliphatic heterocycles. The van der Waals surface area contributed by atoms with Gasteiger partial charge in [-0.15, -0.1) is 0 Å². The molecule has 0 atom stereocenters. The van der Waals surface area contributed by atoms with Gasteiger partial charge in [-0.25, -0.2) is 16.8 Å². The van der Waals surface area contributed by atoms with Crippen molar-refractivity contribution in [3.05, 3.63) is 142 Å². The number of rotatable bonds is 10. The van der Waals surface area contributed by atoms with E-state index in [9.17, 15) is 21.6 Å². The van der Waals surface area contributed by atoms with Crippen LogP contribution in [0.2, 0.25) is 10.0 Å². The average Bonchev–Trinajstić information content (AvgIpc) is 3.63. The normalized spacial score (nSPS) is 12.6. The molecule has 0 saturated heterocycles. The summed E-state index contributed by atoms with van der Waals surface area (Å²) in [6, 6.07) is 27.2. The number of fused-ring (bicyclic) bond motifs is 2. The van der Waals surface area contributed by atoms with Crippen molar-refractivity contribution in [3.63, 3.8) is 0 Å². The van der Waals surface area contributed by atoms with E-state index in [1.807, 2.05) is 0 Å². The average molecular weight is 690 g/mol. The highest BCUT2D eigenvalue weighted by molar-refractivity contribution is 7.92. The first-order valence-corrected chi connectivity index (χ1v) is 18.2. The number of hydrogen-bond donors (Lipinski definition) is 2. The summed E-state index contributed by atoms with van der Waals surface area (Å²) < 4.78 is 55.5. The van der Waals surface area contributed by atoms with Crippen molar-refractivity contribution >= 4 is 82.6 Å². The fourth-order valence-corrected chi connectivity index (χ4v) is 8.48. The Balaban J connectivity index is 1.42. The van der Waals surface area contributed by atoms with Gasteiger partial charge in [-0.3, -0.25) is 4.79 Å². The maximum Gasteiger partial charge on any atom is 0.228 e. The molecule has 0 aliphatic carbocycles. The summed E-state index contributed by atoms with van der Waals surface area (Å²) in [7, 11) is -8.16. The molecule has 232 valence electrons. The number of para-hydroxylation sites is 2. The van der Waals surface area contributed by atoms with Crippen LogP contribution in [0.15, 0.2) is 119 Å². The van der Waals surface area contributed by atoms with E-state index in [0.29, 0.717) is 31.9 Å². The number of benzene rings is 4. The molecule has 4 aromatic carbocycles. The number of H-pyrrole nitrogens is 2. The van der Waals surface area contributed by atoms with Crippen LogP contribution in [0.1, 0.15) is 27.3 Å². The molecule has 0 aliphatic rings. The minimum absolute atomic E-state index is 0.196. The van der Waals surface area contributed by atoms with E-state index < -0.39 is 37.0 Å². The van der Waals surface area contributed by atoms with Crippen LogP contribution in [0.3, 0.4) is 0 Å². The standard InChI is InChI=1S/C35H26Cl2N2O5S2/c36-25-17-13-23(14-18-25)7-5-21-45(41,42)34-27-9-1-3-11-29(27)38-31(34)33(40)32-35(28-10-2-4-12-30(28)39-32)46(43,44)22-6-8-24-15-19-26(37)20-16-24/h1-20,38-39H,21-22H2. The van der Waals surface area contributed by atoms with E-state index in [-0.39, 0.29) is 21.2 Å². The van der Waals surface area contributed by atoms with Crippen LogP contribution in [-0.4, -0.2) is 44.1 Å². The van der Waals surface area contributed by atoms with Gasteiger partial charge in [0.05, 0.1) is 11.5 Å². The van der Waals surface area contributed by atoms with E-state index in [1.165, 1.54) is 12.2 Å². The molecular formula is C35H26Cl2N2O5S2. The molecule has 2 aromatic heterocycles. The monoisotopic (exact) mass is 688 g/mol. The highest BCUT2D eigenvalue weighted by Gasteiger charge is 2.33. The zero-order chi connectivity index (χ0) is 32.5. The second-order valence-corrected chi connectivity index (χ2v) is 15.4. The Morgan fingerprint density at radius 2 is 0.935 bits per heavy atom. The van der Waals surface area contributed by atoms with Gasteiger partial charge < -0.3 is 9.97 Å². The van der Waals surface area contributed by atoms with Gasteiger partial charge in [-0.2, -0.15) is 0 Å². The fourth-order valence-electron chi connectivity index (χ4n) is 5.26. The van der Waals surface area contributed by atoms with Crippen molar-refractivity contribution in [3.8, 4) is 0 Å². The lowest BCUT2D eigenvalue weighted by atomic mass is 10.2. The number of aromatic nitrogens is 2. The van der Waals surface area contributed by atoms with Crippen LogP contribution < -0.4 is 0 Å². The SMILES string of the molecule is O=C(c1[nH]c2ccccc2c1S(=O)(=O)CC=Cc1ccc(Cl)cc1)c1[nH]c2ccccc2c1S(=O)(=O)CC=Cc1ccc(Cl)cc1. The smallest absolute Gasteiger partial charge is 0.228 e. The lowest BCUT2D eigenvalue weighted by Crippen LogP contribution is -2.15. The van der Waals surface area contributed by atoms with Crippen molar-refractivity contribution in [2.45, 2.75) is 9.79 Å². The Kier molecular flexibility index (Phi) is 8.76. The second kappa shape index (κ2) is 12.8. The van der Waals surface area contributed by atoms with Crippen LogP contribution in [0.25, 0.3) is 34.0 Å². The minimum Gasteiger partial charge on any atom is -0.351 e. The number of carbonyl (C=O) groups excluding carboxylic acids is 1. The molecule has 11 heteroatoms. The molecule has 7 nitrogen and oxygen atoms in total. The van der Waals surface area contributed by atoms with Gasteiger partial charge in [-0.1, -0.05) is 108 Å². The first-order chi connectivity index (χ1) is 22.0. The molecule has 0 unspecified atom stereocenters. The first-order valence-electron chi connectivity index (χ1n) is 14.1. The van der Waals surface area contributed by atoms with Crippen molar-refractivity contribution in [1.29, 1.82) is 0 Å². The summed E-state index contributed by atoms with van der Waals surface area (Å²) in [6.07, 6.45) is 6.31. The molecule has 6 rings (SSSR count). The molecule has 0 radical (unpaired) electrons. The summed E-state index contributed by atoms with van der Waals surface area (Å²) in [4.78, 5) is 19.9. The molecule has 0 fully saturated rings. The highest BCUT2D eigenvalue weighted by Crippen LogP contribution is 2.34. The predicted molar refractivity (Wildman–Crippen MR) is 185 cm³/mol. The summed E-state index contributed by atoms with van der Waals surface area (Å²) in [5.41, 5.74) is 1.93. The Hall–Kier alpha value is -4.41. The Labute approximate surface area is 276 Å². The number of carbonyl (C=O) groups is 1. The van der Waals surface area contributed by atoms with Crippen LogP contribution >= 0.6 is 23.2 Å². The molecule has 2 N–H and O–H groups in total. The summed E-state index contributed by atoms with van der Waals surface area (Å²) in [5, 5.41) is 1.78. The van der Waals surface area contributed by atoms with Gasteiger partial charge in [0, 0.05) is 31.9 Å². The molecule has 0 saturated carbocycles. The quantitative estimate of drug-likeness (QED) is 0.141. The maximum atomic E-state index is 14.3. The largest absolute Gasteiger partial charge is 0.351 e. The van der Waals surface area contributed by atoms with Crippen molar-refractivity contribution in [2.24, 2.45) is 0 Å². The number of aromatic amines is 2. The summed E-state index contributed by atoms with van der Waals surface area (Å²) in [6.45, 7) is 0. The van der Waals surface area contributed by atoms with E-state index in [2.05, 4.69) is 9.97 Å². The Morgan fingerprint density at radius 3 is 1.33 bits per heavy atom. The number of halogens is 2. The van der Waals surface area contributed by atoms with E-state index in [1.54, 1.807) is 109 Å². The second-order valence-electron chi connectivity index (χ2n) is 10.5. The van der Waals surface area contributed by atoms with Gasteiger partial charge in [0.15, 0.2) is 19.7 Å². The lowest BCUT2D eigenvalue weighted by molar-refractivity contribution is 0.102. The van der Waals surface area contributed by atoms with Gasteiger partial charge in [0.1, 0.15) is 21.2 Å². The topological polar surface area (TPSA) is 117 Å². The van der Waals surface area contributed by atoms with Gasteiger partial charge in [0.2, 0.25) is 5.78 Å². The maximum absolute atomic E-state index is 14.3. The number of nitrogens with one attached hydrogen (secondary N) is 2. The molecule has 0 amide bonds. The van der Waals surface area contributed by atoms with E-state index >= 15 is 0 Å². The minimum atomic E-state index is -4.08. The summed E-state index contributed by atoms with van der Waals surface area (Å²) >= 11 is 11.9. The fraction of sp³-hybridized carbons (Fsp3) is 0.0571. The predicted octanol–water partition coefficient (Wildman–Crippen LogP) is 8.16. The molecule has 0 bridgehead atoms. The molecular weight excluding hydrogens is 663 g/mol. The summed E-state index contributed by atoms with van der Waals surface area (Å²) in [5.74, 6) is -1.58. The van der Waals surface area contributed by atoms with Crippen molar-refractivity contribution in [2.75, 3.05) is 11.5 Å². The third-order valence-corrected chi connectivity index (χ3v) is 11.2. The molecule has 0 spiro atoms. The van der Waals surface area contributed by atoms with Crippen LogP contribution in [0.4, 0.5) is 0 Å². The van der Waals surface area contributed by atoms with Gasteiger partial charge >= 0.3 is 0 Å². The first kappa shape index (κ1) is 31.6. The van der Waals surface area contributed by atoms with Crippen molar-refractivity contribution < 1.29 is 21.6 Å². The van der Waals surface area contributed by atoms with Crippen molar-refractivity contribution in [1.82, 2.24) is 9.97 Å². The molecule has 46 heavy (non-hydrogen) atoms. The third kappa shape index (κ3) is 6.45. The zero-order valence-electron chi connectivity index (χ0n) is 24.1. The van der Waals surface area contributed by atoms with E-state index in [4.69, 9.17) is 23.2 Å². The van der Waals surface area contributed by atoms with Gasteiger partial charge in [-0.05, 0) is 47.5 Å². The number of hydrogen-bond acceptors (Lipinski definition) is 5. The lowest BCUT2D eigenvalue weighted by Gasteiger charge is -2.07. The third-order valence-electron chi connectivity index (χ3n) is 7.38. The van der Waals surface area contributed by atoms with Gasteiger partial charge in [0.25, 0.3) is 0 Å². The number of ketones is 1. The Bertz CT molecular complexity index is 2200. The Morgan fingerprint density at radius 1 is 0.565 bits per heavy atom. The van der Waals surface area contributed by atoms with Crippen LogP contribution in [0, 0.1) is 0 Å². The van der Waals surface area contributed by atoms with Crippen LogP contribution in [-0.2, 0) is 19.7 Å². The molecule has 2 heterocycles.